The normalized spacial score (nSPS) is 10.8. The van der Waals surface area contributed by atoms with Gasteiger partial charge in [-0.1, -0.05) is 50.7 Å². The van der Waals surface area contributed by atoms with Crippen molar-refractivity contribution < 1.29 is 14.6 Å². The molecule has 150 valence electrons. The lowest BCUT2D eigenvalue weighted by Gasteiger charge is -2.26. The number of carbonyl (C=O) groups is 1. The van der Waals surface area contributed by atoms with Crippen LogP contribution in [0.2, 0.25) is 0 Å². The smallest absolute Gasteiger partial charge is 0.307 e. The molecular formula is C26H28O3. The molecule has 3 heteroatoms. The van der Waals surface area contributed by atoms with Crippen molar-refractivity contribution in [1.29, 1.82) is 0 Å². The van der Waals surface area contributed by atoms with Gasteiger partial charge in [-0.05, 0) is 55.5 Å². The van der Waals surface area contributed by atoms with Gasteiger partial charge in [-0.3, -0.25) is 4.79 Å². The molecule has 0 saturated heterocycles. The summed E-state index contributed by atoms with van der Waals surface area (Å²) < 4.78 is 6.10. The summed E-state index contributed by atoms with van der Waals surface area (Å²) in [5, 5.41) is 8.88. The van der Waals surface area contributed by atoms with Gasteiger partial charge < -0.3 is 9.84 Å². The lowest BCUT2D eigenvalue weighted by Crippen LogP contribution is -2.18. The summed E-state index contributed by atoms with van der Waals surface area (Å²) >= 11 is 0. The Balaban J connectivity index is 2.53. The lowest BCUT2D eigenvalue weighted by molar-refractivity contribution is -0.136. The maximum absolute atomic E-state index is 10.8. The zero-order valence-corrected chi connectivity index (χ0v) is 18.0. The van der Waals surface area contributed by atoms with Gasteiger partial charge in [0, 0.05) is 16.7 Å². The molecule has 2 aromatic rings. The summed E-state index contributed by atoms with van der Waals surface area (Å²) in [5.74, 6) is 9.12. The number of hydrogen-bond donors (Lipinski definition) is 1. The summed E-state index contributed by atoms with van der Waals surface area (Å²) in [5.41, 5.74) is 4.98. The Labute approximate surface area is 174 Å². The van der Waals surface area contributed by atoms with Crippen LogP contribution in [0.15, 0.2) is 30.3 Å². The minimum absolute atomic E-state index is 0.00457. The summed E-state index contributed by atoms with van der Waals surface area (Å²) in [6, 6.07) is 9.32. The molecular weight excluding hydrogens is 360 g/mol. The van der Waals surface area contributed by atoms with Gasteiger partial charge in [-0.25, -0.2) is 0 Å². The van der Waals surface area contributed by atoms with Crippen molar-refractivity contribution in [3.63, 3.8) is 0 Å². The van der Waals surface area contributed by atoms with Gasteiger partial charge in [0.25, 0.3) is 0 Å². The molecule has 0 radical (unpaired) electrons. The fourth-order valence-corrected chi connectivity index (χ4v) is 3.00. The molecule has 0 saturated carbocycles. The molecule has 0 aliphatic carbocycles. The number of carboxylic acid groups (broad SMARTS) is 1. The van der Waals surface area contributed by atoms with Crippen LogP contribution in [0.5, 0.6) is 5.75 Å². The third-order valence-corrected chi connectivity index (χ3v) is 4.50. The van der Waals surface area contributed by atoms with Crippen LogP contribution in [0.1, 0.15) is 68.0 Å². The highest BCUT2D eigenvalue weighted by Crippen LogP contribution is 2.37. The SMILES string of the molecule is C#Cc1c(C)c(C#Cc2ccc(CC(=O)O)cc2)cc(C(C)(C)C)c1OC(C)C. The summed E-state index contributed by atoms with van der Waals surface area (Å²) in [4.78, 5) is 10.8. The molecule has 0 aliphatic rings. The second-order valence-corrected chi connectivity index (χ2v) is 8.38. The minimum atomic E-state index is -0.848. The predicted octanol–water partition coefficient (Wildman–Crippen LogP) is 5.09. The quantitative estimate of drug-likeness (QED) is 0.742. The number of ether oxygens (including phenoxy) is 1. The summed E-state index contributed by atoms with van der Waals surface area (Å²) in [6.07, 6.45) is 5.87. The Bertz CT molecular complexity index is 1000. The Kier molecular flexibility index (Phi) is 6.78. The second-order valence-electron chi connectivity index (χ2n) is 8.38. The Morgan fingerprint density at radius 1 is 1.17 bits per heavy atom. The van der Waals surface area contributed by atoms with E-state index in [0.717, 1.165) is 39.1 Å². The summed E-state index contributed by atoms with van der Waals surface area (Å²) in [7, 11) is 0. The van der Waals surface area contributed by atoms with Crippen LogP contribution in [0.25, 0.3) is 0 Å². The van der Waals surface area contributed by atoms with Gasteiger partial charge >= 0.3 is 5.97 Å². The van der Waals surface area contributed by atoms with Crippen molar-refractivity contribution in [2.45, 2.75) is 59.5 Å². The van der Waals surface area contributed by atoms with Crippen LogP contribution < -0.4 is 4.74 Å². The fraction of sp³-hybridized carbons (Fsp3) is 0.346. The van der Waals surface area contributed by atoms with Crippen molar-refractivity contribution in [2.75, 3.05) is 0 Å². The van der Waals surface area contributed by atoms with Crippen LogP contribution >= 0.6 is 0 Å². The maximum Gasteiger partial charge on any atom is 0.307 e. The van der Waals surface area contributed by atoms with Gasteiger partial charge in [-0.2, -0.15) is 0 Å². The summed E-state index contributed by atoms with van der Waals surface area (Å²) in [6.45, 7) is 12.3. The minimum Gasteiger partial charge on any atom is -0.489 e. The largest absolute Gasteiger partial charge is 0.489 e. The number of aliphatic carboxylic acids is 1. The molecule has 0 aromatic heterocycles. The number of carboxylic acids is 1. The van der Waals surface area contributed by atoms with E-state index in [9.17, 15) is 4.79 Å². The lowest BCUT2D eigenvalue weighted by atomic mass is 9.82. The molecule has 0 heterocycles. The van der Waals surface area contributed by atoms with Gasteiger partial charge in [-0.15, -0.1) is 6.42 Å². The van der Waals surface area contributed by atoms with Gasteiger partial charge in [0.1, 0.15) is 5.75 Å². The van der Waals surface area contributed by atoms with Crippen LogP contribution in [-0.2, 0) is 16.6 Å². The predicted molar refractivity (Wildman–Crippen MR) is 117 cm³/mol. The van der Waals surface area contributed by atoms with E-state index >= 15 is 0 Å². The third kappa shape index (κ3) is 5.66. The number of terminal acetylenes is 1. The van der Waals surface area contributed by atoms with Gasteiger partial charge in [0.2, 0.25) is 0 Å². The molecule has 0 unspecified atom stereocenters. The molecule has 0 bridgehead atoms. The molecule has 0 fully saturated rings. The first kappa shape index (κ1) is 22.1. The van der Waals surface area contributed by atoms with Crippen molar-refractivity contribution >= 4 is 5.97 Å². The van der Waals surface area contributed by atoms with E-state index in [4.69, 9.17) is 16.3 Å². The first-order valence-corrected chi connectivity index (χ1v) is 9.67. The first-order chi connectivity index (χ1) is 13.5. The van der Waals surface area contributed by atoms with Crippen LogP contribution in [0.4, 0.5) is 0 Å². The van der Waals surface area contributed by atoms with E-state index in [-0.39, 0.29) is 17.9 Å². The van der Waals surface area contributed by atoms with Crippen molar-refractivity contribution in [3.05, 3.63) is 63.7 Å². The molecule has 0 spiro atoms. The van der Waals surface area contributed by atoms with Gasteiger partial charge in [0.15, 0.2) is 0 Å². The standard InChI is InChI=1S/C26H28O3/c1-8-22-18(4)21(16-23(26(5,6)7)25(22)29-17(2)3)14-13-19-9-11-20(12-10-19)15-24(27)28/h1,9-12,16-17H,15H2,2-7H3,(H,27,28). The Morgan fingerprint density at radius 3 is 2.28 bits per heavy atom. The zero-order chi connectivity index (χ0) is 21.8. The van der Waals surface area contributed by atoms with E-state index in [1.54, 1.807) is 12.1 Å². The number of rotatable bonds is 4. The molecule has 0 amide bonds. The first-order valence-electron chi connectivity index (χ1n) is 9.67. The van der Waals surface area contributed by atoms with Crippen LogP contribution in [0.3, 0.4) is 0 Å². The van der Waals surface area contributed by atoms with E-state index < -0.39 is 5.97 Å². The monoisotopic (exact) mass is 388 g/mol. The number of hydrogen-bond acceptors (Lipinski definition) is 2. The van der Waals surface area contributed by atoms with Crippen molar-refractivity contribution in [1.82, 2.24) is 0 Å². The van der Waals surface area contributed by atoms with Crippen molar-refractivity contribution in [3.8, 4) is 29.9 Å². The molecule has 29 heavy (non-hydrogen) atoms. The highest BCUT2D eigenvalue weighted by molar-refractivity contribution is 5.70. The average molecular weight is 389 g/mol. The molecule has 0 aliphatic heterocycles. The zero-order valence-electron chi connectivity index (χ0n) is 18.0. The second kappa shape index (κ2) is 8.89. The molecule has 1 N–H and O–H groups in total. The molecule has 2 aromatic carbocycles. The third-order valence-electron chi connectivity index (χ3n) is 4.50. The van der Waals surface area contributed by atoms with Gasteiger partial charge in [0.05, 0.1) is 18.1 Å². The highest BCUT2D eigenvalue weighted by Gasteiger charge is 2.24. The Hall–Kier alpha value is -3.17. The van der Waals surface area contributed by atoms with E-state index in [1.807, 2.05) is 32.9 Å². The number of benzene rings is 2. The molecule has 2 rings (SSSR count). The maximum atomic E-state index is 10.8. The Morgan fingerprint density at radius 2 is 1.79 bits per heavy atom. The topological polar surface area (TPSA) is 46.5 Å². The van der Waals surface area contributed by atoms with E-state index in [2.05, 4.69) is 44.6 Å². The fourth-order valence-electron chi connectivity index (χ4n) is 3.00. The van der Waals surface area contributed by atoms with E-state index in [0.29, 0.717) is 0 Å². The molecule has 0 atom stereocenters. The average Bonchev–Trinajstić information content (AvgIpc) is 2.60. The highest BCUT2D eigenvalue weighted by atomic mass is 16.5. The van der Waals surface area contributed by atoms with Crippen LogP contribution in [0, 0.1) is 31.1 Å². The van der Waals surface area contributed by atoms with Crippen molar-refractivity contribution in [2.24, 2.45) is 0 Å². The van der Waals surface area contributed by atoms with E-state index in [1.165, 1.54) is 0 Å². The molecule has 3 nitrogen and oxygen atoms in total. The van der Waals surface area contributed by atoms with Crippen LogP contribution in [-0.4, -0.2) is 17.2 Å².